The number of aromatic nitrogens is 1. The van der Waals surface area contributed by atoms with Crippen LogP contribution in [0, 0.1) is 12.7 Å². The average Bonchev–Trinajstić information content (AvgIpc) is 2.71. The van der Waals surface area contributed by atoms with Crippen LogP contribution in [0.4, 0.5) is 4.39 Å². The third kappa shape index (κ3) is 2.26. The standard InChI is InChI=1S/C13H12FNO2S/c1-7(16)12-13(18-8(2)15-12)10-6-9(14)4-5-11(10)17-3/h4-6H,1-3H3. The number of nitrogens with zero attached hydrogens (tertiary/aromatic N) is 1. The van der Waals surface area contributed by atoms with Gasteiger partial charge in [0.05, 0.1) is 17.0 Å². The molecular formula is C13H12FNO2S. The van der Waals surface area contributed by atoms with E-state index in [9.17, 15) is 9.18 Å². The van der Waals surface area contributed by atoms with Gasteiger partial charge in [0.25, 0.3) is 0 Å². The number of aryl methyl sites for hydroxylation is 1. The van der Waals surface area contributed by atoms with E-state index >= 15 is 0 Å². The maximum Gasteiger partial charge on any atom is 0.179 e. The van der Waals surface area contributed by atoms with Crippen LogP contribution >= 0.6 is 11.3 Å². The first-order valence-corrected chi connectivity index (χ1v) is 6.17. The number of thiazole rings is 1. The molecule has 1 aromatic heterocycles. The first-order valence-electron chi connectivity index (χ1n) is 5.35. The second kappa shape index (κ2) is 4.86. The zero-order chi connectivity index (χ0) is 13.3. The molecule has 1 aromatic carbocycles. The predicted molar refractivity (Wildman–Crippen MR) is 68.8 cm³/mol. The molecule has 0 saturated carbocycles. The molecule has 0 unspecified atom stereocenters. The largest absolute Gasteiger partial charge is 0.496 e. The molecule has 3 nitrogen and oxygen atoms in total. The van der Waals surface area contributed by atoms with Crippen molar-refractivity contribution in [2.45, 2.75) is 13.8 Å². The molecule has 2 rings (SSSR count). The van der Waals surface area contributed by atoms with Gasteiger partial charge in [-0.3, -0.25) is 4.79 Å². The van der Waals surface area contributed by atoms with E-state index in [4.69, 9.17) is 4.74 Å². The van der Waals surface area contributed by atoms with Gasteiger partial charge in [-0.05, 0) is 25.1 Å². The molecular weight excluding hydrogens is 253 g/mol. The smallest absolute Gasteiger partial charge is 0.179 e. The molecule has 0 amide bonds. The highest BCUT2D eigenvalue weighted by Crippen LogP contribution is 2.37. The molecule has 0 saturated heterocycles. The molecule has 0 bridgehead atoms. The van der Waals surface area contributed by atoms with Gasteiger partial charge in [-0.2, -0.15) is 0 Å². The van der Waals surface area contributed by atoms with Crippen LogP contribution in [0.1, 0.15) is 22.4 Å². The number of carbonyl (C=O) groups excluding carboxylic acids is 1. The SMILES string of the molecule is COc1ccc(F)cc1-c1sc(C)nc1C(C)=O. The maximum atomic E-state index is 13.4. The zero-order valence-electron chi connectivity index (χ0n) is 10.3. The highest BCUT2D eigenvalue weighted by molar-refractivity contribution is 7.15. The van der Waals surface area contributed by atoms with Crippen molar-refractivity contribution >= 4 is 17.1 Å². The molecule has 0 aliphatic carbocycles. The quantitative estimate of drug-likeness (QED) is 0.798. The summed E-state index contributed by atoms with van der Waals surface area (Å²) in [5, 5.41) is 0.765. The fourth-order valence-electron chi connectivity index (χ4n) is 1.71. The average molecular weight is 265 g/mol. The van der Waals surface area contributed by atoms with Crippen LogP contribution in [0.15, 0.2) is 18.2 Å². The van der Waals surface area contributed by atoms with E-state index in [1.807, 2.05) is 6.92 Å². The van der Waals surface area contributed by atoms with E-state index in [0.717, 1.165) is 5.01 Å². The van der Waals surface area contributed by atoms with Crippen LogP contribution in [0.5, 0.6) is 5.75 Å². The Morgan fingerprint density at radius 1 is 1.44 bits per heavy atom. The summed E-state index contributed by atoms with van der Waals surface area (Å²) in [6, 6.07) is 4.23. The number of methoxy groups -OCH3 is 1. The van der Waals surface area contributed by atoms with Gasteiger partial charge in [-0.25, -0.2) is 9.37 Å². The van der Waals surface area contributed by atoms with Crippen molar-refractivity contribution in [3.05, 3.63) is 34.7 Å². The second-order valence-electron chi connectivity index (χ2n) is 3.81. The molecule has 94 valence electrons. The zero-order valence-corrected chi connectivity index (χ0v) is 11.1. The molecule has 0 N–H and O–H groups in total. The van der Waals surface area contributed by atoms with E-state index < -0.39 is 0 Å². The van der Waals surface area contributed by atoms with Crippen LogP contribution in [0.2, 0.25) is 0 Å². The summed E-state index contributed by atoms with van der Waals surface area (Å²) in [5.41, 5.74) is 0.926. The van der Waals surface area contributed by atoms with Crippen LogP contribution < -0.4 is 4.74 Å². The van der Waals surface area contributed by atoms with Gasteiger partial charge >= 0.3 is 0 Å². The third-order valence-electron chi connectivity index (χ3n) is 2.47. The molecule has 0 aliphatic rings. The van der Waals surface area contributed by atoms with Crippen LogP contribution in [-0.4, -0.2) is 17.9 Å². The van der Waals surface area contributed by atoms with E-state index in [0.29, 0.717) is 21.9 Å². The number of Topliss-reactive ketones (excluding diaryl/α,β-unsaturated/α-hetero) is 1. The van der Waals surface area contributed by atoms with Crippen molar-refractivity contribution in [3.8, 4) is 16.2 Å². The van der Waals surface area contributed by atoms with Crippen molar-refractivity contribution < 1.29 is 13.9 Å². The summed E-state index contributed by atoms with van der Waals surface area (Å²) < 4.78 is 18.6. The normalized spacial score (nSPS) is 10.4. The van der Waals surface area contributed by atoms with Crippen molar-refractivity contribution in [1.82, 2.24) is 4.98 Å². The summed E-state index contributed by atoms with van der Waals surface area (Å²) in [4.78, 5) is 16.4. The number of rotatable bonds is 3. The Labute approximate surface area is 108 Å². The Balaban J connectivity index is 2.68. The number of halogens is 1. The van der Waals surface area contributed by atoms with Crippen molar-refractivity contribution in [2.24, 2.45) is 0 Å². The summed E-state index contributed by atoms with van der Waals surface area (Å²) in [6.45, 7) is 3.26. The molecule has 1 heterocycles. The third-order valence-corrected chi connectivity index (χ3v) is 3.48. The highest BCUT2D eigenvalue weighted by atomic mass is 32.1. The lowest BCUT2D eigenvalue weighted by atomic mass is 10.1. The summed E-state index contributed by atoms with van der Waals surface area (Å²) in [6.07, 6.45) is 0. The maximum absolute atomic E-state index is 13.4. The van der Waals surface area contributed by atoms with E-state index in [2.05, 4.69) is 4.98 Å². The summed E-state index contributed by atoms with van der Waals surface area (Å²) >= 11 is 1.36. The van der Waals surface area contributed by atoms with Crippen molar-refractivity contribution in [3.63, 3.8) is 0 Å². The lowest BCUT2D eigenvalue weighted by molar-refractivity contribution is 0.101. The summed E-state index contributed by atoms with van der Waals surface area (Å²) in [5.74, 6) is 0.0227. The molecule has 0 radical (unpaired) electrons. The Kier molecular flexibility index (Phi) is 3.43. The predicted octanol–water partition coefficient (Wildman–Crippen LogP) is 3.47. The van der Waals surface area contributed by atoms with Gasteiger partial charge in [-0.15, -0.1) is 11.3 Å². The van der Waals surface area contributed by atoms with Gasteiger partial charge in [0.2, 0.25) is 0 Å². The molecule has 0 fully saturated rings. The van der Waals surface area contributed by atoms with Gasteiger partial charge in [-0.1, -0.05) is 0 Å². The monoisotopic (exact) mass is 265 g/mol. The van der Waals surface area contributed by atoms with E-state index in [-0.39, 0.29) is 11.6 Å². The fourth-order valence-corrected chi connectivity index (χ4v) is 2.69. The van der Waals surface area contributed by atoms with E-state index in [1.54, 1.807) is 6.07 Å². The van der Waals surface area contributed by atoms with Crippen molar-refractivity contribution in [1.29, 1.82) is 0 Å². The molecule has 0 spiro atoms. The van der Waals surface area contributed by atoms with Gasteiger partial charge in [0, 0.05) is 12.5 Å². The Morgan fingerprint density at radius 2 is 2.17 bits per heavy atom. The minimum absolute atomic E-state index is 0.138. The molecule has 18 heavy (non-hydrogen) atoms. The fraction of sp³-hybridized carbons (Fsp3) is 0.231. The van der Waals surface area contributed by atoms with Gasteiger partial charge in [0.1, 0.15) is 17.3 Å². The highest BCUT2D eigenvalue weighted by Gasteiger charge is 2.18. The number of carbonyl (C=O) groups is 1. The van der Waals surface area contributed by atoms with Gasteiger partial charge in [0.15, 0.2) is 5.78 Å². The summed E-state index contributed by atoms with van der Waals surface area (Å²) in [7, 11) is 1.51. The van der Waals surface area contributed by atoms with Crippen LogP contribution in [-0.2, 0) is 0 Å². The Morgan fingerprint density at radius 3 is 2.78 bits per heavy atom. The number of hydrogen-bond acceptors (Lipinski definition) is 4. The van der Waals surface area contributed by atoms with E-state index in [1.165, 1.54) is 37.5 Å². The van der Waals surface area contributed by atoms with Gasteiger partial charge < -0.3 is 4.74 Å². The molecule has 5 heteroatoms. The number of hydrogen-bond donors (Lipinski definition) is 0. The lowest BCUT2D eigenvalue weighted by Crippen LogP contribution is -1.96. The first kappa shape index (κ1) is 12.7. The Bertz CT molecular complexity index is 607. The molecule has 0 aliphatic heterocycles. The minimum Gasteiger partial charge on any atom is -0.496 e. The Hall–Kier alpha value is -1.75. The number of benzene rings is 1. The van der Waals surface area contributed by atoms with Crippen molar-refractivity contribution in [2.75, 3.05) is 7.11 Å². The number of ether oxygens (including phenoxy) is 1. The van der Waals surface area contributed by atoms with Crippen LogP contribution in [0.3, 0.4) is 0 Å². The second-order valence-corrected chi connectivity index (χ2v) is 5.01. The minimum atomic E-state index is -0.369. The first-order chi connectivity index (χ1) is 8.52. The lowest BCUT2D eigenvalue weighted by Gasteiger charge is -2.07. The molecule has 0 atom stereocenters. The van der Waals surface area contributed by atoms with Crippen LogP contribution in [0.25, 0.3) is 10.4 Å². The topological polar surface area (TPSA) is 39.2 Å². The number of ketones is 1. The molecule has 2 aromatic rings.